The molecule has 1 amide bonds. The maximum absolute atomic E-state index is 12.2. The Bertz CT molecular complexity index is 569. The Morgan fingerprint density at radius 2 is 2.20 bits per heavy atom. The summed E-state index contributed by atoms with van der Waals surface area (Å²) < 4.78 is 7.08. The van der Waals surface area contributed by atoms with Crippen LogP contribution < -0.4 is 5.32 Å². The van der Waals surface area contributed by atoms with Crippen LogP contribution >= 0.6 is 0 Å². The molecule has 0 bridgehead atoms. The van der Waals surface area contributed by atoms with Crippen molar-refractivity contribution in [1.82, 2.24) is 19.7 Å². The molecule has 2 aromatic heterocycles. The largest absolute Gasteiger partial charge is 0.381 e. The molecule has 0 unspecified atom stereocenters. The highest BCUT2D eigenvalue weighted by Gasteiger charge is 2.23. The lowest BCUT2D eigenvalue weighted by atomic mass is 9.93. The number of rotatable bonds is 3. The van der Waals surface area contributed by atoms with Gasteiger partial charge in [-0.25, -0.2) is 9.97 Å². The van der Waals surface area contributed by atoms with Crippen LogP contribution in [0.2, 0.25) is 0 Å². The van der Waals surface area contributed by atoms with Crippen molar-refractivity contribution in [2.45, 2.75) is 37.8 Å². The normalized spacial score (nSPS) is 22.9. The van der Waals surface area contributed by atoms with Gasteiger partial charge in [0.05, 0.1) is 6.10 Å². The lowest BCUT2D eigenvalue weighted by Crippen LogP contribution is -2.39. The Kier molecular flexibility index (Phi) is 3.64. The zero-order valence-electron chi connectivity index (χ0n) is 11.5. The van der Waals surface area contributed by atoms with Crippen LogP contribution in [-0.4, -0.2) is 39.5 Å². The third kappa shape index (κ3) is 2.65. The molecule has 1 fully saturated rings. The smallest absolute Gasteiger partial charge is 0.271 e. The molecule has 6 nitrogen and oxygen atoms in total. The first kappa shape index (κ1) is 13.1. The second kappa shape index (κ2) is 5.58. The number of amides is 1. The summed E-state index contributed by atoms with van der Waals surface area (Å²) in [6.45, 7) is 0. The molecule has 0 atom stereocenters. The number of aromatic nitrogens is 3. The first-order chi connectivity index (χ1) is 9.76. The predicted molar refractivity (Wildman–Crippen MR) is 73.5 cm³/mol. The molecule has 1 aliphatic carbocycles. The summed E-state index contributed by atoms with van der Waals surface area (Å²) in [5.74, 6) is 0.414. The fraction of sp³-hybridized carbons (Fsp3) is 0.500. The number of methoxy groups -OCH3 is 1. The number of carbonyl (C=O) groups excluding carboxylic acids is 1. The summed E-state index contributed by atoms with van der Waals surface area (Å²) in [4.78, 5) is 20.5. The molecule has 0 radical (unpaired) electrons. The molecule has 1 N–H and O–H groups in total. The molecule has 6 heteroatoms. The average Bonchev–Trinajstić information content (AvgIpc) is 2.92. The maximum Gasteiger partial charge on any atom is 0.271 e. The van der Waals surface area contributed by atoms with Gasteiger partial charge in [-0.2, -0.15) is 0 Å². The standard InChI is InChI=1S/C14H18N4O2/c1-20-11-5-3-10(4-6-11)16-13(19)12-9-18-8-2-7-15-14(18)17-12/h2,7-11H,3-6H2,1H3,(H,16,19). The molecular formula is C14H18N4O2. The number of nitrogens with one attached hydrogen (secondary N) is 1. The van der Waals surface area contributed by atoms with E-state index in [2.05, 4.69) is 15.3 Å². The second-order valence-electron chi connectivity index (χ2n) is 5.14. The van der Waals surface area contributed by atoms with Crippen molar-refractivity contribution in [3.63, 3.8) is 0 Å². The summed E-state index contributed by atoms with van der Waals surface area (Å²) in [7, 11) is 1.74. The van der Waals surface area contributed by atoms with Crippen molar-refractivity contribution in [2.75, 3.05) is 7.11 Å². The Morgan fingerprint density at radius 3 is 2.90 bits per heavy atom. The van der Waals surface area contributed by atoms with Crippen molar-refractivity contribution in [3.8, 4) is 0 Å². The highest BCUT2D eigenvalue weighted by molar-refractivity contribution is 5.92. The molecule has 2 heterocycles. The van der Waals surface area contributed by atoms with Crippen LogP contribution in [0.5, 0.6) is 0 Å². The minimum absolute atomic E-state index is 0.128. The van der Waals surface area contributed by atoms with E-state index >= 15 is 0 Å². The zero-order chi connectivity index (χ0) is 13.9. The van der Waals surface area contributed by atoms with E-state index < -0.39 is 0 Å². The van der Waals surface area contributed by atoms with Gasteiger partial charge in [0, 0.05) is 31.7 Å². The van der Waals surface area contributed by atoms with Crippen LogP contribution in [0.1, 0.15) is 36.2 Å². The maximum atomic E-state index is 12.2. The van der Waals surface area contributed by atoms with E-state index in [1.165, 1.54) is 0 Å². The van der Waals surface area contributed by atoms with Gasteiger partial charge < -0.3 is 10.1 Å². The minimum atomic E-state index is -0.128. The third-order valence-corrected chi connectivity index (χ3v) is 3.81. The SMILES string of the molecule is COC1CCC(NC(=O)c2cn3cccnc3n2)CC1. The van der Waals surface area contributed by atoms with Crippen LogP contribution in [0.3, 0.4) is 0 Å². The van der Waals surface area contributed by atoms with Gasteiger partial charge >= 0.3 is 0 Å². The Hall–Kier alpha value is -1.95. The van der Waals surface area contributed by atoms with E-state index in [1.54, 1.807) is 23.9 Å². The Balaban J connectivity index is 1.64. The molecule has 0 aromatic carbocycles. The van der Waals surface area contributed by atoms with E-state index in [9.17, 15) is 4.79 Å². The number of hydrogen-bond donors (Lipinski definition) is 1. The van der Waals surface area contributed by atoms with Crippen LogP contribution in [0, 0.1) is 0 Å². The fourth-order valence-electron chi connectivity index (χ4n) is 2.64. The van der Waals surface area contributed by atoms with Gasteiger partial charge in [0.2, 0.25) is 5.78 Å². The van der Waals surface area contributed by atoms with Gasteiger partial charge in [-0.3, -0.25) is 9.20 Å². The van der Waals surface area contributed by atoms with Crippen LogP contribution in [0.4, 0.5) is 0 Å². The average molecular weight is 274 g/mol. The highest BCUT2D eigenvalue weighted by atomic mass is 16.5. The summed E-state index contributed by atoms with van der Waals surface area (Å²) in [5.41, 5.74) is 0.414. The van der Waals surface area contributed by atoms with E-state index in [1.807, 2.05) is 12.3 Å². The van der Waals surface area contributed by atoms with Gasteiger partial charge in [0.15, 0.2) is 0 Å². The summed E-state index contributed by atoms with van der Waals surface area (Å²) >= 11 is 0. The first-order valence-corrected chi connectivity index (χ1v) is 6.89. The number of ether oxygens (including phenoxy) is 1. The lowest BCUT2D eigenvalue weighted by Gasteiger charge is -2.27. The van der Waals surface area contributed by atoms with E-state index in [4.69, 9.17) is 4.74 Å². The molecular weight excluding hydrogens is 256 g/mol. The van der Waals surface area contributed by atoms with Crippen molar-refractivity contribution in [2.24, 2.45) is 0 Å². The molecule has 2 aromatic rings. The third-order valence-electron chi connectivity index (χ3n) is 3.81. The van der Waals surface area contributed by atoms with Gasteiger partial charge in [-0.1, -0.05) is 0 Å². The predicted octanol–water partition coefficient (Wildman–Crippen LogP) is 1.42. The summed E-state index contributed by atoms with van der Waals surface area (Å²) in [6.07, 6.45) is 9.43. The van der Waals surface area contributed by atoms with Gasteiger partial charge in [-0.05, 0) is 31.7 Å². The molecule has 0 aliphatic heterocycles. The van der Waals surface area contributed by atoms with Crippen LogP contribution in [0.15, 0.2) is 24.7 Å². The number of imidazole rings is 1. The van der Waals surface area contributed by atoms with Crippen LogP contribution in [-0.2, 0) is 4.74 Å². The topological polar surface area (TPSA) is 68.5 Å². The molecule has 3 rings (SSSR count). The number of carbonyl (C=O) groups is 1. The van der Waals surface area contributed by atoms with Crippen molar-refractivity contribution in [3.05, 3.63) is 30.4 Å². The quantitative estimate of drug-likeness (QED) is 0.919. The van der Waals surface area contributed by atoms with Crippen LogP contribution in [0.25, 0.3) is 5.78 Å². The summed E-state index contributed by atoms with van der Waals surface area (Å²) in [6, 6.07) is 2.02. The zero-order valence-corrected chi connectivity index (χ0v) is 11.5. The van der Waals surface area contributed by atoms with E-state index in [-0.39, 0.29) is 11.9 Å². The molecule has 20 heavy (non-hydrogen) atoms. The van der Waals surface area contributed by atoms with Gasteiger partial charge in [-0.15, -0.1) is 0 Å². The molecule has 1 saturated carbocycles. The van der Waals surface area contributed by atoms with E-state index in [0.29, 0.717) is 17.6 Å². The lowest BCUT2D eigenvalue weighted by molar-refractivity contribution is 0.0598. The molecule has 106 valence electrons. The highest BCUT2D eigenvalue weighted by Crippen LogP contribution is 2.20. The molecule has 0 saturated heterocycles. The van der Waals surface area contributed by atoms with Gasteiger partial charge in [0.1, 0.15) is 5.69 Å². The monoisotopic (exact) mass is 274 g/mol. The van der Waals surface area contributed by atoms with Gasteiger partial charge in [0.25, 0.3) is 5.91 Å². The number of fused-ring (bicyclic) bond motifs is 1. The van der Waals surface area contributed by atoms with Crippen molar-refractivity contribution in [1.29, 1.82) is 0 Å². The molecule has 0 spiro atoms. The van der Waals surface area contributed by atoms with Crippen molar-refractivity contribution < 1.29 is 9.53 Å². The Morgan fingerprint density at radius 1 is 1.40 bits per heavy atom. The second-order valence-corrected chi connectivity index (χ2v) is 5.14. The van der Waals surface area contributed by atoms with Crippen molar-refractivity contribution >= 4 is 11.7 Å². The number of hydrogen-bond acceptors (Lipinski definition) is 4. The molecule has 1 aliphatic rings. The fourth-order valence-corrected chi connectivity index (χ4v) is 2.64. The Labute approximate surface area is 117 Å². The first-order valence-electron chi connectivity index (χ1n) is 6.89. The van der Waals surface area contributed by atoms with E-state index in [0.717, 1.165) is 25.7 Å². The summed E-state index contributed by atoms with van der Waals surface area (Å²) in [5, 5.41) is 3.04. The minimum Gasteiger partial charge on any atom is -0.381 e. The number of nitrogens with zero attached hydrogens (tertiary/aromatic N) is 3.